The summed E-state index contributed by atoms with van der Waals surface area (Å²) < 4.78 is 30.1. The maximum atomic E-state index is 13.0. The third-order valence-corrected chi connectivity index (χ3v) is 2.23. The van der Waals surface area contributed by atoms with Crippen LogP contribution in [0.5, 0.6) is 0 Å². The average molecular weight is 245 g/mol. The van der Waals surface area contributed by atoms with Crippen LogP contribution in [0.3, 0.4) is 0 Å². The van der Waals surface area contributed by atoms with Crippen molar-refractivity contribution in [3.63, 3.8) is 0 Å². The smallest absolute Gasteiger partial charge is 0.790 e. The Bertz CT molecular complexity index is 251. The number of hydrogen-bond acceptors (Lipinski definition) is 6. The van der Waals surface area contributed by atoms with E-state index in [-0.39, 0.29) is 37.7 Å². The van der Waals surface area contributed by atoms with Gasteiger partial charge in [-0.05, 0) is 0 Å². The summed E-state index contributed by atoms with van der Waals surface area (Å²) in [6, 6.07) is 0. The Kier molecular flexibility index (Phi) is 9.15. The van der Waals surface area contributed by atoms with Crippen LogP contribution in [0.4, 0.5) is 4.39 Å². The number of aliphatic hydroxyl groups excluding tert-OH is 2. The number of halogens is 1. The Morgan fingerprint density at radius 2 is 1.94 bits per heavy atom. The third kappa shape index (κ3) is 5.18. The van der Waals surface area contributed by atoms with Crippen LogP contribution in [-0.4, -0.2) is 46.2 Å². The van der Waals surface area contributed by atoms with Gasteiger partial charge in [0.1, 0.15) is 6.61 Å². The van der Waals surface area contributed by atoms with Crippen molar-refractivity contribution < 1.29 is 75.9 Å². The van der Waals surface area contributed by atoms with E-state index in [1.54, 1.807) is 0 Å². The van der Waals surface area contributed by atoms with Gasteiger partial charge in [0, 0.05) is 0 Å². The molecule has 1 fully saturated rings. The van der Waals surface area contributed by atoms with Gasteiger partial charge in [-0.3, -0.25) is 4.52 Å². The van der Waals surface area contributed by atoms with Gasteiger partial charge in [-0.1, -0.05) is 0 Å². The third-order valence-electron chi connectivity index (χ3n) is 1.76. The minimum Gasteiger partial charge on any atom is -0.790 e. The largest absolute Gasteiger partial charge is 1.00 e. The van der Waals surface area contributed by atoms with Gasteiger partial charge in [0.15, 0.2) is 6.10 Å². The monoisotopic (exact) mass is 245 g/mol. The maximum Gasteiger partial charge on any atom is 1.00 e. The van der Waals surface area contributed by atoms with Crippen molar-refractivity contribution in [1.82, 2.24) is 0 Å². The zero-order valence-electron chi connectivity index (χ0n) is 8.82. The first kappa shape index (κ1) is 19.5. The van der Waals surface area contributed by atoms with Crippen molar-refractivity contribution in [2.24, 2.45) is 0 Å². The molecule has 4 atom stereocenters. The van der Waals surface area contributed by atoms with E-state index in [0.717, 1.165) is 0 Å². The summed E-state index contributed by atoms with van der Waals surface area (Å²) in [5, 5.41) is 17.6. The molecule has 84 valence electrons. The SMILES string of the molecule is O=P([O-])([O-])O[C@H]1[OH+][C@H](CO)[C@H](O)[C@@H]1F.[Li+].[Li+]. The quantitative estimate of drug-likeness (QED) is 0.289. The molecule has 0 amide bonds. The summed E-state index contributed by atoms with van der Waals surface area (Å²) in [4.78, 5) is 20.2. The maximum absolute atomic E-state index is 13.0. The van der Waals surface area contributed by atoms with E-state index in [0.29, 0.717) is 0 Å². The van der Waals surface area contributed by atoms with E-state index in [4.69, 9.17) is 10.2 Å². The predicted octanol–water partition coefficient (Wildman–Crippen LogP) is -9.23. The van der Waals surface area contributed by atoms with Crippen LogP contribution in [0.25, 0.3) is 0 Å². The Labute approximate surface area is 115 Å². The van der Waals surface area contributed by atoms with Crippen LogP contribution in [0.1, 0.15) is 0 Å². The molecule has 0 aliphatic carbocycles. The van der Waals surface area contributed by atoms with Gasteiger partial charge in [-0.2, -0.15) is 0 Å². The molecule has 1 aliphatic rings. The van der Waals surface area contributed by atoms with Gasteiger partial charge >= 0.3 is 44.0 Å². The van der Waals surface area contributed by atoms with E-state index in [9.17, 15) is 18.7 Å². The minimum atomic E-state index is -5.34. The molecule has 0 unspecified atom stereocenters. The van der Waals surface area contributed by atoms with Crippen molar-refractivity contribution >= 4 is 7.82 Å². The van der Waals surface area contributed by atoms with Crippen molar-refractivity contribution in [2.75, 3.05) is 6.61 Å². The van der Waals surface area contributed by atoms with Gasteiger partial charge in [0.05, 0.1) is 7.82 Å². The second-order valence-corrected chi connectivity index (χ2v) is 3.88. The molecule has 1 saturated heterocycles. The van der Waals surface area contributed by atoms with Crippen molar-refractivity contribution in [2.45, 2.75) is 24.7 Å². The number of hydrogen-bond donors (Lipinski definition) is 2. The number of phosphoric ester groups is 1. The van der Waals surface area contributed by atoms with Crippen molar-refractivity contribution in [3.05, 3.63) is 0 Å². The van der Waals surface area contributed by atoms with Crippen LogP contribution in [0.15, 0.2) is 0 Å². The first-order valence-corrected chi connectivity index (χ1v) is 5.14. The number of aliphatic hydroxyl groups is 4. The first-order valence-electron chi connectivity index (χ1n) is 3.68. The molecule has 0 saturated carbocycles. The zero-order valence-corrected chi connectivity index (χ0v) is 9.71. The van der Waals surface area contributed by atoms with Crippen LogP contribution in [0, 0.1) is 0 Å². The minimum absolute atomic E-state index is 0. The number of ether oxygens (including phenoxy) is 1. The second-order valence-electron chi connectivity index (χ2n) is 2.78. The van der Waals surface area contributed by atoms with Gasteiger partial charge < -0.3 is 29.3 Å². The van der Waals surface area contributed by atoms with Crippen molar-refractivity contribution in [3.8, 4) is 0 Å². The molecule has 1 aliphatic heterocycles. The summed E-state index contributed by atoms with van der Waals surface area (Å²) in [5.74, 6) is 0. The van der Waals surface area contributed by atoms with Crippen LogP contribution in [0.2, 0.25) is 0 Å². The Morgan fingerprint density at radius 1 is 1.44 bits per heavy atom. The molecule has 0 aromatic heterocycles. The fourth-order valence-corrected chi connectivity index (χ4v) is 1.55. The van der Waals surface area contributed by atoms with E-state index in [2.05, 4.69) is 9.26 Å². The molecule has 1 heterocycles. The van der Waals surface area contributed by atoms with Crippen LogP contribution in [-0.2, 0) is 9.09 Å². The predicted molar refractivity (Wildman–Crippen MR) is 36.5 cm³/mol. The Morgan fingerprint density at radius 3 is 2.25 bits per heavy atom. The molecule has 3 N–H and O–H groups in total. The van der Waals surface area contributed by atoms with E-state index in [1.165, 1.54) is 0 Å². The van der Waals surface area contributed by atoms with Crippen molar-refractivity contribution in [1.29, 1.82) is 0 Å². The van der Waals surface area contributed by atoms with E-state index >= 15 is 0 Å². The molecule has 0 radical (unpaired) electrons. The average Bonchev–Trinajstić information content (AvgIpc) is 2.30. The number of rotatable bonds is 3. The summed E-state index contributed by atoms with van der Waals surface area (Å²) >= 11 is 0. The molecule has 0 aromatic rings. The Hall–Kier alpha value is 1.11. The molecule has 11 heteroatoms. The fourth-order valence-electron chi connectivity index (χ4n) is 1.11. The van der Waals surface area contributed by atoms with Gasteiger partial charge in [0.2, 0.25) is 12.3 Å². The van der Waals surface area contributed by atoms with Gasteiger partial charge in [0.25, 0.3) is 0 Å². The molecular formula is C5H9FLi2O7P+. The molecule has 16 heavy (non-hydrogen) atoms. The summed E-state index contributed by atoms with van der Waals surface area (Å²) in [7, 11) is -5.34. The molecule has 1 rings (SSSR count). The number of phosphoric acid groups is 1. The standard InChI is InChI=1S/C5H10FO7P.2Li/c6-3-4(8)2(1-7)12-5(3)13-14(9,10)11;;/h2-5,7-8H,1H2,(H2,9,10,11);;/q;2*+1/p-1/t2-,3+,4+,5-;;/m1../s1. The van der Waals surface area contributed by atoms with Crippen LogP contribution < -0.4 is 47.5 Å². The summed E-state index contributed by atoms with van der Waals surface area (Å²) in [5.41, 5.74) is 0. The topological polar surface area (TPSA) is 126 Å². The normalized spacial score (nSPS) is 34.1. The number of alkyl halides is 1. The fraction of sp³-hybridized carbons (Fsp3) is 1.00. The molecule has 7 nitrogen and oxygen atoms in total. The summed E-state index contributed by atoms with van der Waals surface area (Å²) in [6.07, 6.45) is -6.80. The van der Waals surface area contributed by atoms with Gasteiger partial charge in [-0.25, -0.2) is 4.39 Å². The molecular weight excluding hydrogens is 236 g/mol. The zero-order chi connectivity index (χ0) is 10.9. The second kappa shape index (κ2) is 7.53. The molecule has 0 aromatic carbocycles. The van der Waals surface area contributed by atoms with Crippen LogP contribution >= 0.6 is 7.82 Å². The van der Waals surface area contributed by atoms with E-state index < -0.39 is 39.1 Å². The van der Waals surface area contributed by atoms with Gasteiger partial charge in [-0.15, -0.1) is 0 Å². The first-order chi connectivity index (χ1) is 6.35. The molecule has 0 bridgehead atoms. The summed E-state index contributed by atoms with van der Waals surface area (Å²) in [6.45, 7) is -0.649. The Balaban J connectivity index is 0. The van der Waals surface area contributed by atoms with E-state index in [1.807, 2.05) is 0 Å². The molecule has 0 spiro atoms.